The van der Waals surface area contributed by atoms with E-state index in [0.717, 1.165) is 0 Å². The molecule has 19 heavy (non-hydrogen) atoms. The van der Waals surface area contributed by atoms with Crippen LogP contribution in [-0.4, -0.2) is 42.4 Å². The predicted octanol–water partition coefficient (Wildman–Crippen LogP) is 0.758. The molecule has 0 heterocycles. The van der Waals surface area contributed by atoms with Gasteiger partial charge < -0.3 is 19.5 Å². The molecule has 7 heteroatoms. The number of ether oxygens (including phenoxy) is 3. The van der Waals surface area contributed by atoms with E-state index in [1.54, 1.807) is 20.8 Å². The number of rotatable bonds is 3. The van der Waals surface area contributed by atoms with Crippen LogP contribution < -0.4 is 5.32 Å². The third-order valence-corrected chi connectivity index (χ3v) is 2.48. The molecule has 2 atom stereocenters. The Labute approximate surface area is 111 Å². The number of hydrogen-bond acceptors (Lipinski definition) is 6. The molecular weight excluding hydrogens is 254 g/mol. The third-order valence-electron chi connectivity index (χ3n) is 2.48. The first-order valence-electron chi connectivity index (χ1n) is 5.87. The van der Waals surface area contributed by atoms with Gasteiger partial charge >= 0.3 is 18.0 Å². The lowest BCUT2D eigenvalue weighted by Crippen LogP contribution is -2.49. The van der Waals surface area contributed by atoms with Gasteiger partial charge in [-0.05, 0) is 20.8 Å². The maximum absolute atomic E-state index is 11.7. The van der Waals surface area contributed by atoms with Crippen molar-refractivity contribution in [1.82, 2.24) is 5.32 Å². The van der Waals surface area contributed by atoms with Crippen molar-refractivity contribution in [3.05, 3.63) is 0 Å². The standard InChI is InChI=1S/C12H19NO6/c1-7(14)18-8-6-12(8,9(15)17-5)13-10(16)19-11(2,3)4/h8H,6H2,1-5H3,(H,13,16)/t8-,12+/m1/s1. The summed E-state index contributed by atoms with van der Waals surface area (Å²) in [7, 11) is 1.20. The maximum atomic E-state index is 11.7. The lowest BCUT2D eigenvalue weighted by atomic mass is 10.2. The van der Waals surface area contributed by atoms with Crippen LogP contribution >= 0.6 is 0 Å². The molecule has 0 bridgehead atoms. The lowest BCUT2D eigenvalue weighted by molar-refractivity contribution is -0.149. The van der Waals surface area contributed by atoms with Crippen molar-refractivity contribution in [2.45, 2.75) is 51.4 Å². The van der Waals surface area contributed by atoms with Gasteiger partial charge in [0.25, 0.3) is 0 Å². The molecule has 1 rings (SSSR count). The van der Waals surface area contributed by atoms with Gasteiger partial charge in [-0.1, -0.05) is 0 Å². The highest BCUT2D eigenvalue weighted by atomic mass is 16.6. The molecule has 0 aliphatic heterocycles. The average Bonchev–Trinajstić information content (AvgIpc) is 2.86. The Morgan fingerprint density at radius 2 is 1.84 bits per heavy atom. The molecule has 0 radical (unpaired) electrons. The number of carbonyl (C=O) groups is 3. The Morgan fingerprint density at radius 3 is 2.26 bits per heavy atom. The van der Waals surface area contributed by atoms with E-state index in [0.29, 0.717) is 0 Å². The van der Waals surface area contributed by atoms with Gasteiger partial charge in [0.15, 0.2) is 5.54 Å². The van der Waals surface area contributed by atoms with Gasteiger partial charge in [0.05, 0.1) is 7.11 Å². The highest BCUT2D eigenvalue weighted by Crippen LogP contribution is 2.40. The van der Waals surface area contributed by atoms with Crippen LogP contribution in [0.4, 0.5) is 4.79 Å². The molecule has 0 unspecified atom stereocenters. The third kappa shape index (κ3) is 3.84. The van der Waals surface area contributed by atoms with Crippen LogP contribution in [0.1, 0.15) is 34.1 Å². The molecule has 1 fully saturated rings. The van der Waals surface area contributed by atoms with Gasteiger partial charge in [0, 0.05) is 13.3 Å². The molecule has 1 aliphatic rings. The van der Waals surface area contributed by atoms with Crippen LogP contribution in [0.3, 0.4) is 0 Å². The average molecular weight is 273 g/mol. The van der Waals surface area contributed by atoms with Crippen molar-refractivity contribution in [3.63, 3.8) is 0 Å². The fraction of sp³-hybridized carbons (Fsp3) is 0.750. The van der Waals surface area contributed by atoms with Crippen LogP contribution in [0.2, 0.25) is 0 Å². The zero-order valence-corrected chi connectivity index (χ0v) is 11.7. The van der Waals surface area contributed by atoms with Crippen molar-refractivity contribution in [2.75, 3.05) is 7.11 Å². The molecule has 1 aliphatic carbocycles. The quantitative estimate of drug-likeness (QED) is 0.603. The molecule has 1 amide bonds. The van der Waals surface area contributed by atoms with Crippen LogP contribution in [0.15, 0.2) is 0 Å². The SMILES string of the molecule is COC(=O)[C@]1(NC(=O)OC(C)(C)C)C[C@H]1OC(C)=O. The molecule has 7 nitrogen and oxygen atoms in total. The Morgan fingerprint density at radius 1 is 1.26 bits per heavy atom. The van der Waals surface area contributed by atoms with Crippen LogP contribution in [-0.2, 0) is 23.8 Å². The van der Waals surface area contributed by atoms with E-state index in [-0.39, 0.29) is 6.42 Å². The minimum Gasteiger partial charge on any atom is -0.467 e. The first-order chi connectivity index (χ1) is 8.60. The second kappa shape index (κ2) is 5.07. The van der Waals surface area contributed by atoms with E-state index in [4.69, 9.17) is 9.47 Å². The molecule has 0 spiro atoms. The number of hydrogen-bond donors (Lipinski definition) is 1. The van der Waals surface area contributed by atoms with Crippen molar-refractivity contribution in [3.8, 4) is 0 Å². The Balaban J connectivity index is 2.71. The summed E-state index contributed by atoms with van der Waals surface area (Å²) in [5, 5.41) is 2.42. The maximum Gasteiger partial charge on any atom is 0.408 e. The van der Waals surface area contributed by atoms with Gasteiger partial charge in [0.2, 0.25) is 0 Å². The van der Waals surface area contributed by atoms with E-state index in [1.165, 1.54) is 14.0 Å². The zero-order chi connectivity index (χ0) is 14.8. The van der Waals surface area contributed by atoms with Crippen LogP contribution in [0, 0.1) is 0 Å². The van der Waals surface area contributed by atoms with E-state index in [9.17, 15) is 14.4 Å². The molecule has 1 saturated carbocycles. The monoisotopic (exact) mass is 273 g/mol. The second-order valence-electron chi connectivity index (χ2n) is 5.39. The second-order valence-corrected chi connectivity index (χ2v) is 5.39. The lowest BCUT2D eigenvalue weighted by Gasteiger charge is -2.22. The summed E-state index contributed by atoms with van der Waals surface area (Å²) in [4.78, 5) is 34.3. The molecule has 108 valence electrons. The van der Waals surface area contributed by atoms with Gasteiger partial charge in [-0.25, -0.2) is 9.59 Å². The van der Waals surface area contributed by atoms with Gasteiger partial charge in [-0.3, -0.25) is 4.79 Å². The number of esters is 2. The number of amides is 1. The summed E-state index contributed by atoms with van der Waals surface area (Å²) in [6, 6.07) is 0. The highest BCUT2D eigenvalue weighted by molar-refractivity contribution is 5.91. The summed E-state index contributed by atoms with van der Waals surface area (Å²) in [5.74, 6) is -1.19. The fourth-order valence-corrected chi connectivity index (χ4v) is 1.64. The van der Waals surface area contributed by atoms with Crippen molar-refractivity contribution < 1.29 is 28.6 Å². The van der Waals surface area contributed by atoms with Crippen LogP contribution in [0.5, 0.6) is 0 Å². The van der Waals surface area contributed by atoms with Crippen LogP contribution in [0.25, 0.3) is 0 Å². The molecule has 0 saturated heterocycles. The summed E-state index contributed by atoms with van der Waals surface area (Å²) < 4.78 is 14.6. The smallest absolute Gasteiger partial charge is 0.408 e. The van der Waals surface area contributed by atoms with Gasteiger partial charge in [-0.2, -0.15) is 0 Å². The molecule has 0 aromatic carbocycles. The van der Waals surface area contributed by atoms with E-state index < -0.39 is 35.3 Å². The first kappa shape index (κ1) is 15.3. The zero-order valence-electron chi connectivity index (χ0n) is 11.7. The number of carbonyl (C=O) groups excluding carboxylic acids is 3. The molecule has 0 aromatic rings. The van der Waals surface area contributed by atoms with Crippen molar-refractivity contribution >= 4 is 18.0 Å². The van der Waals surface area contributed by atoms with E-state index in [1.807, 2.05) is 0 Å². The summed E-state index contributed by atoms with van der Waals surface area (Å²) in [6.45, 7) is 6.34. The van der Waals surface area contributed by atoms with Gasteiger partial charge in [0.1, 0.15) is 11.7 Å². The first-order valence-corrected chi connectivity index (χ1v) is 5.87. The summed E-state index contributed by atoms with van der Waals surface area (Å²) in [5.41, 5.74) is -2.02. The van der Waals surface area contributed by atoms with Gasteiger partial charge in [-0.15, -0.1) is 0 Å². The van der Waals surface area contributed by atoms with Crippen molar-refractivity contribution in [2.24, 2.45) is 0 Å². The normalized spacial score (nSPS) is 25.2. The largest absolute Gasteiger partial charge is 0.467 e. The Bertz CT molecular complexity index is 400. The molecular formula is C12H19NO6. The van der Waals surface area contributed by atoms with E-state index >= 15 is 0 Å². The molecule has 1 N–H and O–H groups in total. The minimum atomic E-state index is -1.33. The van der Waals surface area contributed by atoms with Crippen molar-refractivity contribution in [1.29, 1.82) is 0 Å². The molecule has 0 aromatic heterocycles. The number of nitrogens with one attached hydrogen (secondary N) is 1. The Kier molecular flexibility index (Phi) is 4.07. The summed E-state index contributed by atoms with van der Waals surface area (Å²) in [6.07, 6.45) is -1.30. The van der Waals surface area contributed by atoms with E-state index in [2.05, 4.69) is 10.1 Å². The topological polar surface area (TPSA) is 90.9 Å². The predicted molar refractivity (Wildman–Crippen MR) is 64.3 cm³/mol. The highest BCUT2D eigenvalue weighted by Gasteiger charge is 2.66. The Hall–Kier alpha value is -1.79. The summed E-state index contributed by atoms with van der Waals surface area (Å²) >= 11 is 0. The number of methoxy groups -OCH3 is 1. The number of alkyl carbamates (subject to hydrolysis) is 1. The minimum absolute atomic E-state index is 0.179. The fourth-order valence-electron chi connectivity index (χ4n) is 1.64.